The first-order valence-corrected chi connectivity index (χ1v) is 12.6. The van der Waals surface area contributed by atoms with Crippen molar-refractivity contribution in [1.29, 1.82) is 0 Å². The number of nitrogens with one attached hydrogen (secondary N) is 1. The van der Waals surface area contributed by atoms with E-state index >= 15 is 0 Å². The SMILES string of the molecule is Cc1cc(N2CCc3sc(Br)cc3C2)cc(C)c1NC(=O)CC1(CN)CCCCC1. The van der Waals surface area contributed by atoms with Gasteiger partial charge in [-0.1, -0.05) is 19.3 Å². The first kappa shape index (κ1) is 21.8. The molecule has 4 rings (SSSR count). The number of aryl methyl sites for hydroxylation is 2. The van der Waals surface area contributed by atoms with Crippen molar-refractivity contribution in [3.8, 4) is 0 Å². The van der Waals surface area contributed by atoms with Crippen molar-refractivity contribution in [3.63, 3.8) is 0 Å². The van der Waals surface area contributed by atoms with Crippen LogP contribution in [0.3, 0.4) is 0 Å². The number of hydrogen-bond donors (Lipinski definition) is 2. The maximum absolute atomic E-state index is 12.9. The number of thiophene rings is 1. The number of nitrogens with two attached hydrogens (primary N) is 1. The van der Waals surface area contributed by atoms with Crippen molar-refractivity contribution < 1.29 is 4.79 Å². The number of amides is 1. The predicted octanol–water partition coefficient (Wildman–Crippen LogP) is 5.93. The molecule has 162 valence electrons. The van der Waals surface area contributed by atoms with Crippen LogP contribution in [0.25, 0.3) is 0 Å². The molecule has 4 nitrogen and oxygen atoms in total. The molecule has 1 aromatic heterocycles. The van der Waals surface area contributed by atoms with Gasteiger partial charge in [0.1, 0.15) is 0 Å². The largest absolute Gasteiger partial charge is 0.367 e. The summed E-state index contributed by atoms with van der Waals surface area (Å²) in [6, 6.07) is 6.68. The van der Waals surface area contributed by atoms with Crippen molar-refractivity contribution in [2.75, 3.05) is 23.3 Å². The molecule has 0 saturated heterocycles. The number of hydrogen-bond acceptors (Lipinski definition) is 4. The second kappa shape index (κ2) is 9.01. The first-order valence-electron chi connectivity index (χ1n) is 11.0. The molecule has 1 fully saturated rings. The van der Waals surface area contributed by atoms with Crippen LogP contribution in [0.5, 0.6) is 0 Å². The number of benzene rings is 1. The molecule has 6 heteroatoms. The Morgan fingerprint density at radius 2 is 1.90 bits per heavy atom. The summed E-state index contributed by atoms with van der Waals surface area (Å²) in [5.74, 6) is 0.104. The van der Waals surface area contributed by atoms with Crippen molar-refractivity contribution >= 4 is 44.5 Å². The molecule has 1 amide bonds. The highest BCUT2D eigenvalue weighted by atomic mass is 79.9. The Balaban J connectivity index is 1.47. The minimum Gasteiger partial charge on any atom is -0.367 e. The van der Waals surface area contributed by atoms with Gasteiger partial charge in [0, 0.05) is 35.8 Å². The van der Waals surface area contributed by atoms with Gasteiger partial charge in [0.2, 0.25) is 5.91 Å². The Bertz CT molecular complexity index is 910. The number of halogens is 1. The third-order valence-corrected chi connectivity index (χ3v) is 8.61. The molecule has 0 spiro atoms. The number of fused-ring (bicyclic) bond motifs is 1. The zero-order chi connectivity index (χ0) is 21.3. The van der Waals surface area contributed by atoms with E-state index in [4.69, 9.17) is 5.73 Å². The van der Waals surface area contributed by atoms with Gasteiger partial charge < -0.3 is 16.0 Å². The maximum atomic E-state index is 12.9. The lowest BCUT2D eigenvalue weighted by Crippen LogP contribution is -2.36. The van der Waals surface area contributed by atoms with Crippen molar-refractivity contribution in [2.45, 2.75) is 65.3 Å². The van der Waals surface area contributed by atoms with Crippen LogP contribution >= 0.6 is 27.3 Å². The zero-order valence-corrected chi connectivity index (χ0v) is 20.4. The second-order valence-electron chi connectivity index (χ2n) is 9.11. The van der Waals surface area contributed by atoms with Crippen molar-refractivity contribution in [2.24, 2.45) is 11.1 Å². The fraction of sp³-hybridized carbons (Fsp3) is 0.542. The monoisotopic (exact) mass is 489 g/mol. The average molecular weight is 491 g/mol. The van der Waals surface area contributed by atoms with Crippen LogP contribution in [0.4, 0.5) is 11.4 Å². The Morgan fingerprint density at radius 1 is 1.20 bits per heavy atom. The van der Waals surface area contributed by atoms with Crippen LogP contribution in [0.1, 0.15) is 60.1 Å². The van der Waals surface area contributed by atoms with Crippen LogP contribution < -0.4 is 16.0 Å². The van der Waals surface area contributed by atoms with Gasteiger partial charge in [-0.3, -0.25) is 4.79 Å². The van der Waals surface area contributed by atoms with Crippen LogP contribution in [0.15, 0.2) is 22.0 Å². The minimum absolute atomic E-state index is 0.00952. The first-order chi connectivity index (χ1) is 14.4. The van der Waals surface area contributed by atoms with Crippen LogP contribution in [-0.2, 0) is 17.8 Å². The molecule has 0 radical (unpaired) electrons. The van der Waals surface area contributed by atoms with Gasteiger partial charge in [0.05, 0.1) is 3.79 Å². The lowest BCUT2D eigenvalue weighted by Gasteiger charge is -2.35. The van der Waals surface area contributed by atoms with E-state index in [1.54, 1.807) is 0 Å². The second-order valence-corrected chi connectivity index (χ2v) is 11.6. The number of carbonyl (C=O) groups excluding carboxylic acids is 1. The molecule has 3 N–H and O–H groups in total. The molecular weight excluding hydrogens is 458 g/mol. The predicted molar refractivity (Wildman–Crippen MR) is 131 cm³/mol. The third-order valence-electron chi connectivity index (χ3n) is 6.87. The molecule has 2 aromatic rings. The van der Waals surface area contributed by atoms with Crippen molar-refractivity contribution in [1.82, 2.24) is 0 Å². The molecular formula is C24H32BrN3OS. The number of rotatable bonds is 5. The maximum Gasteiger partial charge on any atom is 0.224 e. The Hall–Kier alpha value is -1.37. The number of anilines is 2. The molecule has 2 heterocycles. The molecule has 2 aliphatic rings. The van der Waals surface area contributed by atoms with Crippen molar-refractivity contribution in [3.05, 3.63) is 43.6 Å². The lowest BCUT2D eigenvalue weighted by molar-refractivity contribution is -0.118. The zero-order valence-electron chi connectivity index (χ0n) is 18.0. The fourth-order valence-electron chi connectivity index (χ4n) is 5.12. The molecule has 0 bridgehead atoms. The highest BCUT2D eigenvalue weighted by Crippen LogP contribution is 2.39. The lowest BCUT2D eigenvalue weighted by atomic mass is 9.71. The standard InChI is InChI=1S/C24H32BrN3OS/c1-16-10-19(28-9-6-20-18(14-28)12-21(25)30-20)11-17(2)23(16)27-22(29)13-24(15-26)7-4-3-5-8-24/h10-12H,3-9,13-15,26H2,1-2H3,(H,27,29). The van der Waals surface area contributed by atoms with Gasteiger partial charge in [0.25, 0.3) is 0 Å². The quantitative estimate of drug-likeness (QED) is 0.547. The van der Waals surface area contributed by atoms with Gasteiger partial charge in [-0.05, 0) is 95.9 Å². The van der Waals surface area contributed by atoms with Gasteiger partial charge in [-0.15, -0.1) is 11.3 Å². The Morgan fingerprint density at radius 3 is 2.57 bits per heavy atom. The number of carbonyl (C=O) groups is 1. The highest BCUT2D eigenvalue weighted by molar-refractivity contribution is 9.11. The van der Waals surface area contributed by atoms with Gasteiger partial charge in [-0.2, -0.15) is 0 Å². The third kappa shape index (κ3) is 4.61. The van der Waals surface area contributed by atoms with E-state index in [9.17, 15) is 4.79 Å². The van der Waals surface area contributed by atoms with Gasteiger partial charge >= 0.3 is 0 Å². The summed E-state index contributed by atoms with van der Waals surface area (Å²) >= 11 is 5.47. The molecule has 1 aliphatic carbocycles. The minimum atomic E-state index is -0.00952. The van der Waals surface area contributed by atoms with E-state index in [-0.39, 0.29) is 11.3 Å². The van der Waals surface area contributed by atoms with E-state index < -0.39 is 0 Å². The molecule has 0 unspecified atom stereocenters. The topological polar surface area (TPSA) is 58.4 Å². The van der Waals surface area contributed by atoms with Gasteiger partial charge in [0.15, 0.2) is 0 Å². The summed E-state index contributed by atoms with van der Waals surface area (Å²) < 4.78 is 1.22. The normalized spacial score (nSPS) is 18.2. The average Bonchev–Trinajstić information content (AvgIpc) is 3.10. The molecule has 0 atom stereocenters. The smallest absolute Gasteiger partial charge is 0.224 e. The summed E-state index contributed by atoms with van der Waals surface area (Å²) in [4.78, 5) is 16.8. The highest BCUT2D eigenvalue weighted by Gasteiger charge is 2.33. The van der Waals surface area contributed by atoms with E-state index in [1.165, 1.54) is 39.2 Å². The Kier molecular flexibility index (Phi) is 6.56. The number of nitrogens with zero attached hydrogens (tertiary/aromatic N) is 1. The molecule has 30 heavy (non-hydrogen) atoms. The van der Waals surface area contributed by atoms with E-state index in [2.05, 4.69) is 58.2 Å². The molecule has 1 saturated carbocycles. The summed E-state index contributed by atoms with van der Waals surface area (Å²) in [6.07, 6.45) is 7.41. The summed E-state index contributed by atoms with van der Waals surface area (Å²) in [5.41, 5.74) is 12.0. The van der Waals surface area contributed by atoms with Crippen LogP contribution in [0, 0.1) is 19.3 Å². The fourth-order valence-corrected chi connectivity index (χ4v) is 6.86. The molecule has 1 aromatic carbocycles. The molecule has 1 aliphatic heterocycles. The summed E-state index contributed by atoms with van der Waals surface area (Å²) in [7, 11) is 0. The van der Waals surface area contributed by atoms with Crippen LogP contribution in [-0.4, -0.2) is 19.0 Å². The summed E-state index contributed by atoms with van der Waals surface area (Å²) in [6.45, 7) is 6.78. The van der Waals surface area contributed by atoms with E-state index in [0.717, 1.165) is 49.2 Å². The van der Waals surface area contributed by atoms with E-state index in [0.29, 0.717) is 13.0 Å². The van der Waals surface area contributed by atoms with Gasteiger partial charge in [-0.25, -0.2) is 0 Å². The van der Waals surface area contributed by atoms with Crippen LogP contribution in [0.2, 0.25) is 0 Å². The Labute approximate surface area is 192 Å². The van der Waals surface area contributed by atoms with E-state index in [1.807, 2.05) is 11.3 Å². The summed E-state index contributed by atoms with van der Waals surface area (Å²) in [5, 5.41) is 3.22.